The van der Waals surface area contributed by atoms with E-state index < -0.39 is 5.41 Å². The number of benzene rings is 8. The number of ether oxygens (including phenoxy) is 1. The van der Waals surface area contributed by atoms with Gasteiger partial charge in [-0.3, -0.25) is 0 Å². The Balaban J connectivity index is 1.18. The Morgan fingerprint density at radius 2 is 1.08 bits per heavy atom. The summed E-state index contributed by atoms with van der Waals surface area (Å²) >= 11 is 0. The third-order valence-corrected chi connectivity index (χ3v) is 13.0. The molecule has 0 bridgehead atoms. The second kappa shape index (κ2) is 15.9. The molecule has 298 valence electrons. The summed E-state index contributed by atoms with van der Waals surface area (Å²) in [4.78, 5) is 2.41. The van der Waals surface area contributed by atoms with Gasteiger partial charge in [0, 0.05) is 34.3 Å². The van der Waals surface area contributed by atoms with E-state index in [1.54, 1.807) is 0 Å². The van der Waals surface area contributed by atoms with E-state index in [2.05, 4.69) is 239 Å². The molecule has 2 heteroatoms. The molecule has 0 saturated heterocycles. The fourth-order valence-corrected chi connectivity index (χ4v) is 9.62. The summed E-state index contributed by atoms with van der Waals surface area (Å²) < 4.78 is 7.08. The maximum absolute atomic E-state index is 7.08. The van der Waals surface area contributed by atoms with Crippen LogP contribution in [-0.4, -0.2) is 0 Å². The Labute approximate surface area is 361 Å². The van der Waals surface area contributed by atoms with Crippen LogP contribution in [0.15, 0.2) is 218 Å². The molecule has 2 nitrogen and oxygen atoms in total. The highest BCUT2D eigenvalue weighted by Crippen LogP contribution is 2.56. The summed E-state index contributed by atoms with van der Waals surface area (Å²) in [7, 11) is 0. The van der Waals surface area contributed by atoms with Gasteiger partial charge in [-0.05, 0) is 98.5 Å². The molecule has 0 amide bonds. The van der Waals surface area contributed by atoms with E-state index in [0.29, 0.717) is 17.8 Å². The van der Waals surface area contributed by atoms with Crippen LogP contribution in [0.4, 0.5) is 17.1 Å². The normalized spacial score (nSPS) is 17.0. The van der Waals surface area contributed by atoms with Crippen LogP contribution in [0.2, 0.25) is 0 Å². The van der Waals surface area contributed by atoms with Crippen molar-refractivity contribution >= 4 is 27.8 Å². The van der Waals surface area contributed by atoms with Crippen molar-refractivity contribution in [2.45, 2.75) is 45.4 Å². The molecule has 8 aromatic carbocycles. The molecule has 0 spiro atoms. The molecule has 2 atom stereocenters. The first kappa shape index (κ1) is 38.3. The van der Waals surface area contributed by atoms with Crippen molar-refractivity contribution in [3.05, 3.63) is 240 Å². The SMILES string of the molecule is CC(C)c1ccc2c(c1)OC1=C(C=CC(C(C)C)C1)C2(c1ccc(-c2ccccc2)cc1)c1ccc(N(c2ccc(-c3ccccc3)cc2)c2cccc3ccccc23)cc1. The molecular formula is C59H51NO. The lowest BCUT2D eigenvalue weighted by Crippen LogP contribution is -2.37. The minimum Gasteiger partial charge on any atom is -0.461 e. The Bertz CT molecular complexity index is 2880. The van der Waals surface area contributed by atoms with Crippen molar-refractivity contribution in [1.29, 1.82) is 0 Å². The number of nitrogens with zero attached hydrogens (tertiary/aromatic N) is 1. The number of allylic oxidation sites excluding steroid dienone is 4. The first-order valence-electron chi connectivity index (χ1n) is 21.8. The van der Waals surface area contributed by atoms with Gasteiger partial charge in [0.05, 0.1) is 11.1 Å². The van der Waals surface area contributed by atoms with Crippen LogP contribution in [0.5, 0.6) is 5.75 Å². The number of rotatable bonds is 9. The molecule has 61 heavy (non-hydrogen) atoms. The highest BCUT2D eigenvalue weighted by molar-refractivity contribution is 5.99. The summed E-state index contributed by atoms with van der Waals surface area (Å²) in [6.45, 7) is 9.16. The first-order chi connectivity index (χ1) is 29.9. The average Bonchev–Trinajstić information content (AvgIpc) is 3.31. The first-order valence-corrected chi connectivity index (χ1v) is 21.8. The van der Waals surface area contributed by atoms with Crippen molar-refractivity contribution in [1.82, 2.24) is 0 Å². The van der Waals surface area contributed by atoms with E-state index in [4.69, 9.17) is 4.74 Å². The van der Waals surface area contributed by atoms with Crippen molar-refractivity contribution in [3.8, 4) is 28.0 Å². The van der Waals surface area contributed by atoms with Gasteiger partial charge in [0.15, 0.2) is 0 Å². The van der Waals surface area contributed by atoms with Gasteiger partial charge in [-0.1, -0.05) is 198 Å². The van der Waals surface area contributed by atoms with Gasteiger partial charge in [0.1, 0.15) is 11.5 Å². The lowest BCUT2D eigenvalue weighted by atomic mass is 9.61. The van der Waals surface area contributed by atoms with Gasteiger partial charge in [-0.15, -0.1) is 0 Å². The molecule has 8 aromatic rings. The van der Waals surface area contributed by atoms with E-state index in [-0.39, 0.29) is 0 Å². The smallest absolute Gasteiger partial charge is 0.132 e. The van der Waals surface area contributed by atoms with E-state index in [1.165, 1.54) is 60.9 Å². The van der Waals surface area contributed by atoms with Gasteiger partial charge in [0.2, 0.25) is 0 Å². The fourth-order valence-electron chi connectivity index (χ4n) is 9.62. The summed E-state index contributed by atoms with van der Waals surface area (Å²) in [6, 6.07) is 71.2. The number of hydrogen-bond acceptors (Lipinski definition) is 2. The molecule has 0 N–H and O–H groups in total. The van der Waals surface area contributed by atoms with Crippen molar-refractivity contribution in [2.24, 2.45) is 11.8 Å². The molecule has 2 unspecified atom stereocenters. The molecular weight excluding hydrogens is 739 g/mol. The largest absolute Gasteiger partial charge is 0.461 e. The van der Waals surface area contributed by atoms with Crippen LogP contribution in [0, 0.1) is 11.8 Å². The van der Waals surface area contributed by atoms with Gasteiger partial charge >= 0.3 is 0 Å². The summed E-state index contributed by atoms with van der Waals surface area (Å²) in [5.74, 6) is 3.30. The Hall–Kier alpha value is -6.90. The zero-order valence-corrected chi connectivity index (χ0v) is 35.4. The molecule has 10 rings (SSSR count). The number of fused-ring (bicyclic) bond motifs is 2. The lowest BCUT2D eigenvalue weighted by molar-refractivity contribution is 0.319. The van der Waals surface area contributed by atoms with Crippen molar-refractivity contribution in [2.75, 3.05) is 4.90 Å². The molecule has 2 aliphatic rings. The maximum atomic E-state index is 7.08. The zero-order chi connectivity index (χ0) is 41.5. The van der Waals surface area contributed by atoms with Gasteiger partial charge < -0.3 is 9.64 Å². The van der Waals surface area contributed by atoms with Gasteiger partial charge in [0.25, 0.3) is 0 Å². The summed E-state index contributed by atoms with van der Waals surface area (Å²) in [6.07, 6.45) is 5.69. The van der Waals surface area contributed by atoms with Crippen LogP contribution in [0.1, 0.15) is 62.3 Å². The van der Waals surface area contributed by atoms with E-state index >= 15 is 0 Å². The minimum absolute atomic E-state index is 0.375. The third kappa shape index (κ3) is 6.87. The van der Waals surface area contributed by atoms with E-state index in [9.17, 15) is 0 Å². The molecule has 0 saturated carbocycles. The van der Waals surface area contributed by atoms with Crippen molar-refractivity contribution in [3.63, 3.8) is 0 Å². The number of anilines is 3. The van der Waals surface area contributed by atoms with Crippen molar-refractivity contribution < 1.29 is 4.74 Å². The van der Waals surface area contributed by atoms with Crippen LogP contribution >= 0.6 is 0 Å². The highest BCUT2D eigenvalue weighted by Gasteiger charge is 2.47. The van der Waals surface area contributed by atoms with Gasteiger partial charge in [-0.2, -0.15) is 0 Å². The topological polar surface area (TPSA) is 12.5 Å². The second-order valence-corrected chi connectivity index (χ2v) is 17.3. The van der Waals surface area contributed by atoms with E-state index in [1.807, 2.05) is 0 Å². The lowest BCUT2D eigenvalue weighted by Gasteiger charge is -2.44. The quantitative estimate of drug-likeness (QED) is 0.144. The second-order valence-electron chi connectivity index (χ2n) is 17.3. The van der Waals surface area contributed by atoms with Crippen LogP contribution < -0.4 is 9.64 Å². The molecule has 1 heterocycles. The molecule has 0 fully saturated rings. The van der Waals surface area contributed by atoms with Crippen LogP contribution in [0.25, 0.3) is 33.0 Å². The molecule has 0 radical (unpaired) electrons. The highest BCUT2D eigenvalue weighted by atomic mass is 16.5. The predicted molar refractivity (Wildman–Crippen MR) is 256 cm³/mol. The fraction of sp³-hybridized carbons (Fsp3) is 0.153. The molecule has 1 aliphatic carbocycles. The van der Waals surface area contributed by atoms with Crippen LogP contribution in [-0.2, 0) is 5.41 Å². The minimum atomic E-state index is -0.619. The monoisotopic (exact) mass is 789 g/mol. The Kier molecular flexibility index (Phi) is 10.0. The predicted octanol–water partition coefficient (Wildman–Crippen LogP) is 16.0. The average molecular weight is 790 g/mol. The Morgan fingerprint density at radius 3 is 1.70 bits per heavy atom. The number of hydrogen-bond donors (Lipinski definition) is 0. The standard InChI is InChI=1S/C59H51NO/c1-40(2)47-26-36-54-57(38-47)61-58-39-48(41(3)4)27-37-55(58)59(54,49-28-22-44(23-29-49)42-14-7-5-8-15-42)50-30-34-52(35-31-50)60(56-21-13-19-46-18-11-12-20-53(46)56)51-32-24-45(25-33-51)43-16-9-6-10-17-43/h5-38,40-41,48H,39H2,1-4H3. The van der Waals surface area contributed by atoms with Gasteiger partial charge in [-0.25, -0.2) is 0 Å². The maximum Gasteiger partial charge on any atom is 0.132 e. The third-order valence-electron chi connectivity index (χ3n) is 13.0. The molecule has 0 aromatic heterocycles. The summed E-state index contributed by atoms with van der Waals surface area (Å²) in [5.41, 5.74) is 13.6. The van der Waals surface area contributed by atoms with E-state index in [0.717, 1.165) is 35.0 Å². The Morgan fingerprint density at radius 1 is 0.541 bits per heavy atom. The zero-order valence-electron chi connectivity index (χ0n) is 35.4. The molecule has 1 aliphatic heterocycles. The van der Waals surface area contributed by atoms with Crippen LogP contribution in [0.3, 0.4) is 0 Å². The summed E-state index contributed by atoms with van der Waals surface area (Å²) in [5, 5.41) is 2.42.